The third kappa shape index (κ3) is 5.26. The van der Waals surface area contributed by atoms with Gasteiger partial charge in [0.25, 0.3) is 5.91 Å². The second kappa shape index (κ2) is 8.28. The van der Waals surface area contributed by atoms with E-state index in [0.29, 0.717) is 5.69 Å². The van der Waals surface area contributed by atoms with Crippen molar-refractivity contribution >= 4 is 17.2 Å². The number of carbonyl (C=O) groups excluding carboxylic acids is 1. The second-order valence-electron chi connectivity index (χ2n) is 3.90. The van der Waals surface area contributed by atoms with Crippen LogP contribution in [0.15, 0.2) is 10.9 Å². The van der Waals surface area contributed by atoms with Crippen LogP contribution in [0.5, 0.6) is 0 Å². The average Bonchev–Trinajstić information content (AvgIpc) is 2.81. The van der Waals surface area contributed by atoms with E-state index >= 15 is 0 Å². The third-order valence-electron chi connectivity index (χ3n) is 2.48. The first-order chi connectivity index (χ1) is 7.84. The Balaban J connectivity index is 1.97. The molecule has 1 rings (SSSR count). The topological polar surface area (TPSA) is 42.0 Å². The standard InChI is InChI=1S/C12H20N2OS/c1-2-3-4-5-6-7-8-13-12(15)11-9-16-10-14-11/h9-10H,2-8H2,1H3,(H,13,15). The van der Waals surface area contributed by atoms with E-state index < -0.39 is 0 Å². The highest BCUT2D eigenvalue weighted by Crippen LogP contribution is 2.04. The summed E-state index contributed by atoms with van der Waals surface area (Å²) in [7, 11) is 0. The number of nitrogens with one attached hydrogen (secondary N) is 1. The normalized spacial score (nSPS) is 10.3. The molecule has 16 heavy (non-hydrogen) atoms. The molecule has 0 saturated heterocycles. The molecule has 90 valence electrons. The number of nitrogens with zero attached hydrogens (tertiary/aromatic N) is 1. The van der Waals surface area contributed by atoms with Gasteiger partial charge in [-0.2, -0.15) is 0 Å². The van der Waals surface area contributed by atoms with Crippen LogP contribution in [0, 0.1) is 0 Å². The zero-order valence-corrected chi connectivity index (χ0v) is 10.7. The highest BCUT2D eigenvalue weighted by atomic mass is 32.1. The van der Waals surface area contributed by atoms with Crippen LogP contribution in [-0.4, -0.2) is 17.4 Å². The van der Waals surface area contributed by atoms with Crippen molar-refractivity contribution in [3.63, 3.8) is 0 Å². The van der Waals surface area contributed by atoms with Gasteiger partial charge in [0.15, 0.2) is 0 Å². The van der Waals surface area contributed by atoms with Crippen molar-refractivity contribution in [2.45, 2.75) is 45.4 Å². The molecule has 0 aliphatic rings. The highest BCUT2D eigenvalue weighted by molar-refractivity contribution is 7.07. The molecule has 0 atom stereocenters. The molecule has 1 heterocycles. The lowest BCUT2D eigenvalue weighted by molar-refractivity contribution is 0.0948. The first kappa shape index (κ1) is 13.2. The number of aromatic nitrogens is 1. The summed E-state index contributed by atoms with van der Waals surface area (Å²) in [6.45, 7) is 2.98. The Morgan fingerprint density at radius 3 is 2.75 bits per heavy atom. The molecule has 0 unspecified atom stereocenters. The van der Waals surface area contributed by atoms with E-state index in [2.05, 4.69) is 17.2 Å². The molecule has 0 fully saturated rings. The Bertz CT molecular complexity index is 285. The van der Waals surface area contributed by atoms with Crippen molar-refractivity contribution in [3.8, 4) is 0 Å². The number of unbranched alkanes of at least 4 members (excludes halogenated alkanes) is 5. The number of hydrogen-bond donors (Lipinski definition) is 1. The van der Waals surface area contributed by atoms with Crippen molar-refractivity contribution < 1.29 is 4.79 Å². The lowest BCUT2D eigenvalue weighted by Crippen LogP contribution is -2.24. The number of thiazole rings is 1. The van der Waals surface area contributed by atoms with E-state index in [1.165, 1.54) is 43.4 Å². The minimum Gasteiger partial charge on any atom is -0.351 e. The van der Waals surface area contributed by atoms with E-state index in [4.69, 9.17) is 0 Å². The van der Waals surface area contributed by atoms with Crippen LogP contribution in [0.25, 0.3) is 0 Å². The largest absolute Gasteiger partial charge is 0.351 e. The minimum absolute atomic E-state index is 0.0465. The van der Waals surface area contributed by atoms with E-state index in [9.17, 15) is 4.79 Å². The molecule has 1 aromatic rings. The van der Waals surface area contributed by atoms with Crippen LogP contribution < -0.4 is 5.32 Å². The van der Waals surface area contributed by atoms with Gasteiger partial charge < -0.3 is 5.32 Å². The van der Waals surface area contributed by atoms with E-state index in [1.807, 2.05) is 0 Å². The van der Waals surface area contributed by atoms with Gasteiger partial charge in [-0.3, -0.25) is 4.79 Å². The summed E-state index contributed by atoms with van der Waals surface area (Å²) in [4.78, 5) is 15.4. The van der Waals surface area contributed by atoms with E-state index in [0.717, 1.165) is 13.0 Å². The fraction of sp³-hybridized carbons (Fsp3) is 0.667. The molecule has 0 aliphatic carbocycles. The number of hydrogen-bond acceptors (Lipinski definition) is 3. The summed E-state index contributed by atoms with van der Waals surface area (Å²) in [6.07, 6.45) is 7.47. The zero-order valence-electron chi connectivity index (χ0n) is 9.87. The molecule has 0 radical (unpaired) electrons. The lowest BCUT2D eigenvalue weighted by atomic mass is 10.1. The molecule has 3 nitrogen and oxygen atoms in total. The molecule has 0 aliphatic heterocycles. The number of rotatable bonds is 8. The fourth-order valence-corrected chi connectivity index (χ4v) is 2.05. The SMILES string of the molecule is CCCCCCCCNC(=O)c1cscn1. The first-order valence-electron chi connectivity index (χ1n) is 6.01. The lowest BCUT2D eigenvalue weighted by Gasteiger charge is -2.03. The highest BCUT2D eigenvalue weighted by Gasteiger charge is 2.05. The quantitative estimate of drug-likeness (QED) is 0.709. The first-order valence-corrected chi connectivity index (χ1v) is 6.95. The Hall–Kier alpha value is -0.900. The zero-order chi connectivity index (χ0) is 11.6. The predicted octanol–water partition coefficient (Wildman–Crippen LogP) is 3.23. The third-order valence-corrected chi connectivity index (χ3v) is 3.07. The van der Waals surface area contributed by atoms with Gasteiger partial charge in [-0.15, -0.1) is 11.3 Å². The summed E-state index contributed by atoms with van der Waals surface area (Å²) in [5.74, 6) is -0.0465. The molecule has 1 amide bonds. The monoisotopic (exact) mass is 240 g/mol. The summed E-state index contributed by atoms with van der Waals surface area (Å²) in [6, 6.07) is 0. The van der Waals surface area contributed by atoms with Crippen molar-refractivity contribution in [1.29, 1.82) is 0 Å². The van der Waals surface area contributed by atoms with Crippen molar-refractivity contribution in [3.05, 3.63) is 16.6 Å². The van der Waals surface area contributed by atoms with Gasteiger partial charge in [-0.05, 0) is 6.42 Å². The summed E-state index contributed by atoms with van der Waals surface area (Å²) < 4.78 is 0. The van der Waals surface area contributed by atoms with Gasteiger partial charge in [0, 0.05) is 11.9 Å². The summed E-state index contributed by atoms with van der Waals surface area (Å²) in [5, 5.41) is 4.66. The van der Waals surface area contributed by atoms with Crippen molar-refractivity contribution in [1.82, 2.24) is 10.3 Å². The van der Waals surface area contributed by atoms with Gasteiger partial charge in [-0.1, -0.05) is 39.0 Å². The van der Waals surface area contributed by atoms with Crippen molar-refractivity contribution in [2.75, 3.05) is 6.54 Å². The van der Waals surface area contributed by atoms with Crippen LogP contribution in [0.2, 0.25) is 0 Å². The Morgan fingerprint density at radius 2 is 2.06 bits per heavy atom. The maximum atomic E-state index is 11.5. The second-order valence-corrected chi connectivity index (χ2v) is 4.62. The van der Waals surface area contributed by atoms with Crippen molar-refractivity contribution in [2.24, 2.45) is 0 Å². The molecular formula is C12H20N2OS. The van der Waals surface area contributed by atoms with Gasteiger partial charge in [0.2, 0.25) is 0 Å². The summed E-state index contributed by atoms with van der Waals surface area (Å²) in [5.41, 5.74) is 2.22. The molecule has 0 bridgehead atoms. The maximum absolute atomic E-state index is 11.5. The number of carbonyl (C=O) groups is 1. The Morgan fingerprint density at radius 1 is 1.31 bits per heavy atom. The number of amides is 1. The van der Waals surface area contributed by atoms with Gasteiger partial charge in [0.05, 0.1) is 5.51 Å². The molecule has 0 aromatic carbocycles. The van der Waals surface area contributed by atoms with E-state index in [-0.39, 0.29) is 5.91 Å². The Labute approximate surface area is 101 Å². The van der Waals surface area contributed by atoms with Crippen LogP contribution in [0.1, 0.15) is 55.9 Å². The molecule has 0 saturated carbocycles. The van der Waals surface area contributed by atoms with Crippen LogP contribution in [-0.2, 0) is 0 Å². The average molecular weight is 240 g/mol. The van der Waals surface area contributed by atoms with Gasteiger partial charge in [-0.25, -0.2) is 4.98 Å². The molecule has 1 N–H and O–H groups in total. The van der Waals surface area contributed by atoms with Crippen LogP contribution in [0.3, 0.4) is 0 Å². The smallest absolute Gasteiger partial charge is 0.270 e. The minimum atomic E-state index is -0.0465. The van der Waals surface area contributed by atoms with Gasteiger partial charge in [0.1, 0.15) is 5.69 Å². The molecule has 0 spiro atoms. The molecular weight excluding hydrogens is 220 g/mol. The maximum Gasteiger partial charge on any atom is 0.270 e. The molecule has 1 aromatic heterocycles. The van der Waals surface area contributed by atoms with Crippen LogP contribution in [0.4, 0.5) is 0 Å². The Kier molecular flexibility index (Phi) is 6.81. The van der Waals surface area contributed by atoms with E-state index in [1.54, 1.807) is 10.9 Å². The van der Waals surface area contributed by atoms with Crippen LogP contribution >= 0.6 is 11.3 Å². The summed E-state index contributed by atoms with van der Waals surface area (Å²) >= 11 is 1.45. The molecule has 4 heteroatoms. The van der Waals surface area contributed by atoms with Gasteiger partial charge >= 0.3 is 0 Å². The predicted molar refractivity (Wildman–Crippen MR) is 67.8 cm³/mol. The fourth-order valence-electron chi connectivity index (χ4n) is 1.52.